The highest BCUT2D eigenvalue weighted by Gasteiger charge is 2.41. The van der Waals surface area contributed by atoms with Crippen molar-refractivity contribution in [1.82, 2.24) is 10.3 Å². The van der Waals surface area contributed by atoms with E-state index in [1.807, 2.05) is 6.92 Å². The molecule has 4 N–H and O–H groups in total. The fraction of sp³-hybridized carbons (Fsp3) is 0.500. The highest BCUT2D eigenvalue weighted by molar-refractivity contribution is 5.83. The first kappa shape index (κ1) is 15.0. The number of carbonyl (C=O) groups excluding carboxylic acids is 1. The van der Waals surface area contributed by atoms with Crippen LogP contribution in [-0.4, -0.2) is 36.0 Å². The first-order valence-electron chi connectivity index (χ1n) is 6.50. The van der Waals surface area contributed by atoms with Crippen molar-refractivity contribution in [1.29, 1.82) is 0 Å². The molecule has 114 valence electrons. The lowest BCUT2D eigenvalue weighted by atomic mass is 9.89. The number of nitrogens with two attached hydrogens (primary N) is 1. The van der Waals surface area contributed by atoms with Crippen LogP contribution < -0.4 is 21.5 Å². The Morgan fingerprint density at radius 3 is 2.86 bits per heavy atom. The second-order valence-electron chi connectivity index (χ2n) is 5.25. The number of nitrogen functional groups attached to an aromatic ring is 1. The van der Waals surface area contributed by atoms with E-state index < -0.39 is 10.3 Å². The van der Waals surface area contributed by atoms with E-state index in [9.17, 15) is 14.9 Å². The van der Waals surface area contributed by atoms with Crippen LogP contribution >= 0.6 is 0 Å². The van der Waals surface area contributed by atoms with Gasteiger partial charge < -0.3 is 15.6 Å². The number of carbonyl (C=O) groups is 1. The Morgan fingerprint density at radius 1 is 1.57 bits per heavy atom. The molecule has 0 bridgehead atoms. The van der Waals surface area contributed by atoms with E-state index in [0.717, 1.165) is 0 Å². The number of hydrogen-bond acceptors (Lipinski definition) is 7. The Labute approximate surface area is 121 Å². The molecule has 0 saturated carbocycles. The molecule has 2 rings (SSSR count). The average Bonchev–Trinajstić information content (AvgIpc) is 2.89. The number of pyridine rings is 1. The molecule has 2 heterocycles. The maximum absolute atomic E-state index is 11.9. The van der Waals surface area contributed by atoms with Gasteiger partial charge in [0, 0.05) is 26.2 Å². The van der Waals surface area contributed by atoms with Gasteiger partial charge >= 0.3 is 5.69 Å². The van der Waals surface area contributed by atoms with Gasteiger partial charge in [0.1, 0.15) is 5.82 Å². The van der Waals surface area contributed by atoms with E-state index in [4.69, 9.17) is 5.84 Å². The largest absolute Gasteiger partial charge is 0.359 e. The summed E-state index contributed by atoms with van der Waals surface area (Å²) in [5.41, 5.74) is 1.68. The molecular formula is C12H18N6O3. The summed E-state index contributed by atoms with van der Waals surface area (Å²) >= 11 is 0. The first-order chi connectivity index (χ1) is 9.91. The zero-order valence-electron chi connectivity index (χ0n) is 11.9. The van der Waals surface area contributed by atoms with E-state index in [1.54, 1.807) is 11.9 Å². The van der Waals surface area contributed by atoms with Gasteiger partial charge in [0.05, 0.1) is 10.3 Å². The monoisotopic (exact) mass is 294 g/mol. The number of nitro groups is 1. The van der Waals surface area contributed by atoms with Crippen LogP contribution in [0.15, 0.2) is 12.1 Å². The molecule has 1 atom stereocenters. The number of amides is 1. The summed E-state index contributed by atoms with van der Waals surface area (Å²) in [6.45, 7) is 2.73. The maximum atomic E-state index is 11.9. The minimum Gasteiger partial charge on any atom is -0.359 e. The van der Waals surface area contributed by atoms with Gasteiger partial charge in [-0.1, -0.05) is 0 Å². The minimum absolute atomic E-state index is 0.0826. The third-order valence-corrected chi connectivity index (χ3v) is 3.75. The number of aromatic nitrogens is 1. The van der Waals surface area contributed by atoms with Gasteiger partial charge in [0.2, 0.25) is 11.7 Å². The minimum atomic E-state index is -0.587. The van der Waals surface area contributed by atoms with E-state index in [-0.39, 0.29) is 17.4 Å². The second-order valence-corrected chi connectivity index (χ2v) is 5.25. The van der Waals surface area contributed by atoms with Gasteiger partial charge in [-0.25, -0.2) is 10.8 Å². The van der Waals surface area contributed by atoms with E-state index in [0.29, 0.717) is 25.3 Å². The predicted molar refractivity (Wildman–Crippen MR) is 77.7 cm³/mol. The molecule has 1 saturated heterocycles. The average molecular weight is 294 g/mol. The fourth-order valence-corrected chi connectivity index (χ4v) is 2.53. The van der Waals surface area contributed by atoms with Crippen molar-refractivity contribution in [2.75, 3.05) is 30.5 Å². The molecule has 1 aromatic rings. The quantitative estimate of drug-likeness (QED) is 0.412. The molecule has 1 aliphatic rings. The molecule has 1 aromatic heterocycles. The molecular weight excluding hydrogens is 276 g/mol. The fourth-order valence-electron chi connectivity index (χ4n) is 2.53. The van der Waals surface area contributed by atoms with Crippen LogP contribution in [0, 0.1) is 15.5 Å². The lowest BCUT2D eigenvalue weighted by Gasteiger charge is -2.23. The topological polar surface area (TPSA) is 126 Å². The SMILES string of the molecule is CNC(=O)C1(C)CCN(c2nc(NN)ccc2[N+](=O)[O-])C1. The van der Waals surface area contributed by atoms with Gasteiger partial charge in [-0.2, -0.15) is 0 Å². The first-order valence-corrected chi connectivity index (χ1v) is 6.50. The third kappa shape index (κ3) is 2.72. The van der Waals surface area contributed by atoms with Crippen molar-refractivity contribution in [3.05, 3.63) is 22.2 Å². The van der Waals surface area contributed by atoms with Gasteiger partial charge in [0.25, 0.3) is 0 Å². The number of anilines is 2. The number of hydrogen-bond donors (Lipinski definition) is 3. The van der Waals surface area contributed by atoms with Crippen molar-refractivity contribution in [3.63, 3.8) is 0 Å². The summed E-state index contributed by atoms with van der Waals surface area (Å²) in [5.74, 6) is 5.78. The smallest absolute Gasteiger partial charge is 0.311 e. The molecule has 1 aliphatic heterocycles. The molecule has 0 aliphatic carbocycles. The van der Waals surface area contributed by atoms with Gasteiger partial charge in [0.15, 0.2) is 0 Å². The Morgan fingerprint density at radius 2 is 2.29 bits per heavy atom. The molecule has 1 unspecified atom stereocenters. The Bertz CT molecular complexity index is 578. The van der Waals surface area contributed by atoms with Crippen LogP contribution in [-0.2, 0) is 4.79 Å². The van der Waals surface area contributed by atoms with Crippen molar-refractivity contribution in [2.45, 2.75) is 13.3 Å². The van der Waals surface area contributed by atoms with Gasteiger partial charge in [-0.05, 0) is 19.4 Å². The lowest BCUT2D eigenvalue weighted by molar-refractivity contribution is -0.384. The maximum Gasteiger partial charge on any atom is 0.311 e. The van der Waals surface area contributed by atoms with E-state index >= 15 is 0 Å². The molecule has 1 amide bonds. The normalized spacial score (nSPS) is 21.2. The molecule has 0 radical (unpaired) electrons. The number of nitrogens with zero attached hydrogens (tertiary/aromatic N) is 3. The zero-order valence-corrected chi connectivity index (χ0v) is 11.9. The van der Waals surface area contributed by atoms with Crippen LogP contribution in [0.25, 0.3) is 0 Å². The van der Waals surface area contributed by atoms with Crippen molar-refractivity contribution in [2.24, 2.45) is 11.3 Å². The lowest BCUT2D eigenvalue weighted by Crippen LogP contribution is -2.39. The molecule has 0 aromatic carbocycles. The molecule has 0 spiro atoms. The van der Waals surface area contributed by atoms with Crippen LogP contribution in [0.3, 0.4) is 0 Å². The summed E-state index contributed by atoms with van der Waals surface area (Å²) < 4.78 is 0. The Kier molecular flexibility index (Phi) is 3.94. The molecule has 9 heteroatoms. The van der Waals surface area contributed by atoms with Crippen LogP contribution in [0.5, 0.6) is 0 Å². The van der Waals surface area contributed by atoms with E-state index in [1.165, 1.54) is 12.1 Å². The Hall–Kier alpha value is -2.42. The third-order valence-electron chi connectivity index (χ3n) is 3.75. The van der Waals surface area contributed by atoms with Crippen molar-refractivity contribution in [3.8, 4) is 0 Å². The van der Waals surface area contributed by atoms with Gasteiger partial charge in [-0.15, -0.1) is 0 Å². The highest BCUT2D eigenvalue weighted by atomic mass is 16.6. The van der Waals surface area contributed by atoms with Crippen molar-refractivity contribution >= 4 is 23.2 Å². The standard InChI is InChI=1S/C12H18N6O3/c1-12(11(19)14-2)5-6-17(7-12)10-8(18(20)21)3-4-9(15-10)16-13/h3-4H,5-7,13H2,1-2H3,(H,14,19)(H,15,16). The zero-order chi connectivity index (χ0) is 15.6. The predicted octanol–water partition coefficient (Wildman–Crippen LogP) is 0.238. The Balaban J connectivity index is 2.34. The summed E-state index contributed by atoms with van der Waals surface area (Å²) in [7, 11) is 1.58. The van der Waals surface area contributed by atoms with E-state index in [2.05, 4.69) is 15.7 Å². The number of nitrogens with one attached hydrogen (secondary N) is 2. The summed E-state index contributed by atoms with van der Waals surface area (Å²) in [5, 5.41) is 13.8. The highest BCUT2D eigenvalue weighted by Crippen LogP contribution is 2.36. The summed E-state index contributed by atoms with van der Waals surface area (Å²) in [4.78, 5) is 28.5. The summed E-state index contributed by atoms with van der Waals surface area (Å²) in [6.07, 6.45) is 0.603. The van der Waals surface area contributed by atoms with Crippen LogP contribution in [0.1, 0.15) is 13.3 Å². The molecule has 9 nitrogen and oxygen atoms in total. The van der Waals surface area contributed by atoms with Crippen LogP contribution in [0.4, 0.5) is 17.3 Å². The second kappa shape index (κ2) is 5.52. The molecule has 21 heavy (non-hydrogen) atoms. The van der Waals surface area contributed by atoms with Crippen LogP contribution in [0.2, 0.25) is 0 Å². The summed E-state index contributed by atoms with van der Waals surface area (Å²) in [6, 6.07) is 2.79. The molecule has 1 fully saturated rings. The number of hydrazine groups is 1. The van der Waals surface area contributed by atoms with Crippen molar-refractivity contribution < 1.29 is 9.72 Å². The van der Waals surface area contributed by atoms with Gasteiger partial charge in [-0.3, -0.25) is 14.9 Å². The number of rotatable bonds is 4.